The first-order chi connectivity index (χ1) is 12.3. The molecule has 25 heavy (non-hydrogen) atoms. The van der Waals surface area contributed by atoms with Crippen LogP contribution in [0.2, 0.25) is 0 Å². The fraction of sp³-hybridized carbons (Fsp3) is 0.696. The lowest BCUT2D eigenvalue weighted by atomic mass is 10.1. The number of unbranched alkanes of at least 4 members (excludes halogenated alkanes) is 10. The van der Waals surface area contributed by atoms with Gasteiger partial charge in [-0.05, 0) is 24.8 Å². The number of carbonyl (C=O) groups excluding carboxylic acids is 1. The molecule has 0 bridgehead atoms. The van der Waals surface area contributed by atoms with Crippen LogP contribution in [0.3, 0.4) is 0 Å². The van der Waals surface area contributed by atoms with E-state index in [1.54, 1.807) is 0 Å². The van der Waals surface area contributed by atoms with Gasteiger partial charge >= 0.3 is 5.97 Å². The molecule has 0 atom stereocenters. The van der Waals surface area contributed by atoms with Crippen LogP contribution in [0.5, 0.6) is 0 Å². The molecule has 2 nitrogen and oxygen atoms in total. The first-order valence-corrected chi connectivity index (χ1v) is 10.5. The topological polar surface area (TPSA) is 26.3 Å². The van der Waals surface area contributed by atoms with Crippen LogP contribution in [0, 0.1) is 0 Å². The number of benzene rings is 1. The summed E-state index contributed by atoms with van der Waals surface area (Å²) in [6, 6.07) is 10.4. The Morgan fingerprint density at radius 3 is 1.92 bits per heavy atom. The van der Waals surface area contributed by atoms with Crippen molar-refractivity contribution in [3.8, 4) is 0 Å². The summed E-state index contributed by atoms with van der Waals surface area (Å²) >= 11 is 0. The largest absolute Gasteiger partial charge is 0.466 e. The van der Waals surface area contributed by atoms with E-state index in [0.29, 0.717) is 13.0 Å². The van der Waals surface area contributed by atoms with Crippen LogP contribution in [0.25, 0.3) is 0 Å². The van der Waals surface area contributed by atoms with Gasteiger partial charge in [-0.3, -0.25) is 4.79 Å². The number of hydrogen-bond donors (Lipinski definition) is 0. The van der Waals surface area contributed by atoms with E-state index < -0.39 is 0 Å². The first-order valence-electron chi connectivity index (χ1n) is 10.5. The lowest BCUT2D eigenvalue weighted by molar-refractivity contribution is -0.143. The minimum absolute atomic E-state index is 0.0241. The molecule has 0 N–H and O–H groups in total. The summed E-state index contributed by atoms with van der Waals surface area (Å²) in [5, 5.41) is 0. The van der Waals surface area contributed by atoms with Crippen molar-refractivity contribution < 1.29 is 9.53 Å². The molecule has 142 valence electrons. The Hall–Kier alpha value is -1.31. The Labute approximate surface area is 155 Å². The third-order valence-corrected chi connectivity index (χ3v) is 4.70. The second kappa shape index (κ2) is 16.2. The molecule has 0 aliphatic carbocycles. The molecule has 0 amide bonds. The van der Waals surface area contributed by atoms with Crippen molar-refractivity contribution in [1.29, 1.82) is 0 Å². The van der Waals surface area contributed by atoms with Gasteiger partial charge in [0.15, 0.2) is 0 Å². The van der Waals surface area contributed by atoms with Crippen molar-refractivity contribution in [3.63, 3.8) is 0 Å². The van der Waals surface area contributed by atoms with Gasteiger partial charge in [0.1, 0.15) is 0 Å². The quantitative estimate of drug-likeness (QED) is 0.241. The summed E-state index contributed by atoms with van der Waals surface area (Å²) in [5.74, 6) is -0.0241. The molecule has 1 aromatic rings. The van der Waals surface area contributed by atoms with E-state index in [1.165, 1.54) is 63.4 Å². The molecule has 0 saturated heterocycles. The monoisotopic (exact) mass is 346 g/mol. The van der Waals surface area contributed by atoms with E-state index >= 15 is 0 Å². The van der Waals surface area contributed by atoms with Crippen molar-refractivity contribution in [3.05, 3.63) is 35.9 Å². The van der Waals surface area contributed by atoms with Gasteiger partial charge < -0.3 is 4.74 Å². The van der Waals surface area contributed by atoms with Crippen LogP contribution in [-0.2, 0) is 16.0 Å². The Bertz CT molecular complexity index is 413. The van der Waals surface area contributed by atoms with E-state index in [2.05, 4.69) is 19.1 Å². The maximum absolute atomic E-state index is 11.7. The van der Waals surface area contributed by atoms with Crippen molar-refractivity contribution in [2.75, 3.05) is 6.61 Å². The van der Waals surface area contributed by atoms with Gasteiger partial charge in [-0.25, -0.2) is 0 Å². The molecule has 0 saturated carbocycles. The normalized spacial score (nSPS) is 10.8. The predicted octanol–water partition coefficient (Wildman–Crippen LogP) is 6.86. The lowest BCUT2D eigenvalue weighted by Crippen LogP contribution is -2.06. The number of ether oxygens (including phenoxy) is 1. The molecular weight excluding hydrogens is 308 g/mol. The standard InChI is InChI=1S/C23H38O2/c1-2-3-4-5-6-7-8-9-10-11-15-20-23(24)25-21-16-19-22-17-13-12-14-18-22/h12-14,17-18H,2-11,15-16,19-21H2,1H3. The molecular formula is C23H38O2. The van der Waals surface area contributed by atoms with Crippen molar-refractivity contribution >= 4 is 5.97 Å². The maximum atomic E-state index is 11.7. The molecule has 0 spiro atoms. The van der Waals surface area contributed by atoms with Crippen LogP contribution in [0.1, 0.15) is 96.0 Å². The van der Waals surface area contributed by atoms with E-state index in [9.17, 15) is 4.79 Å². The van der Waals surface area contributed by atoms with E-state index in [1.807, 2.05) is 18.2 Å². The summed E-state index contributed by atoms with van der Waals surface area (Å²) in [4.78, 5) is 11.7. The Morgan fingerprint density at radius 1 is 0.760 bits per heavy atom. The third kappa shape index (κ3) is 13.6. The van der Waals surface area contributed by atoms with Crippen molar-refractivity contribution in [2.24, 2.45) is 0 Å². The molecule has 0 aromatic heterocycles. The van der Waals surface area contributed by atoms with Crippen LogP contribution in [0.15, 0.2) is 30.3 Å². The lowest BCUT2D eigenvalue weighted by Gasteiger charge is -2.05. The summed E-state index contributed by atoms with van der Waals surface area (Å²) in [7, 11) is 0. The number of esters is 1. The Kier molecular flexibility index (Phi) is 14.1. The summed E-state index contributed by atoms with van der Waals surface area (Å²) in [6.07, 6.45) is 16.9. The molecule has 0 aliphatic rings. The fourth-order valence-electron chi connectivity index (χ4n) is 3.11. The highest BCUT2D eigenvalue weighted by atomic mass is 16.5. The van der Waals surface area contributed by atoms with Crippen molar-refractivity contribution in [1.82, 2.24) is 0 Å². The zero-order valence-corrected chi connectivity index (χ0v) is 16.3. The smallest absolute Gasteiger partial charge is 0.305 e. The zero-order chi connectivity index (χ0) is 18.0. The molecule has 0 fully saturated rings. The summed E-state index contributed by atoms with van der Waals surface area (Å²) in [6.45, 7) is 2.81. The highest BCUT2D eigenvalue weighted by Crippen LogP contribution is 2.12. The summed E-state index contributed by atoms with van der Waals surface area (Å²) < 4.78 is 5.32. The van der Waals surface area contributed by atoms with E-state index in [-0.39, 0.29) is 5.97 Å². The average molecular weight is 347 g/mol. The maximum Gasteiger partial charge on any atom is 0.305 e. The highest BCUT2D eigenvalue weighted by Gasteiger charge is 2.02. The van der Waals surface area contributed by atoms with Gasteiger partial charge in [0, 0.05) is 6.42 Å². The number of rotatable bonds is 16. The third-order valence-electron chi connectivity index (χ3n) is 4.70. The van der Waals surface area contributed by atoms with Gasteiger partial charge in [-0.2, -0.15) is 0 Å². The highest BCUT2D eigenvalue weighted by molar-refractivity contribution is 5.69. The van der Waals surface area contributed by atoms with Gasteiger partial charge in [0.05, 0.1) is 6.61 Å². The Morgan fingerprint density at radius 2 is 1.32 bits per heavy atom. The SMILES string of the molecule is CCCCCCCCCCCCCC(=O)OCCCc1ccccc1. The minimum Gasteiger partial charge on any atom is -0.466 e. The fourth-order valence-corrected chi connectivity index (χ4v) is 3.11. The van der Waals surface area contributed by atoms with Crippen LogP contribution >= 0.6 is 0 Å². The van der Waals surface area contributed by atoms with Gasteiger partial charge in [-0.15, -0.1) is 0 Å². The van der Waals surface area contributed by atoms with Crippen LogP contribution in [0.4, 0.5) is 0 Å². The zero-order valence-electron chi connectivity index (χ0n) is 16.3. The molecule has 2 heteroatoms. The van der Waals surface area contributed by atoms with E-state index in [4.69, 9.17) is 4.74 Å². The number of aryl methyl sites for hydroxylation is 1. The molecule has 1 rings (SSSR count). The van der Waals surface area contributed by atoms with Gasteiger partial charge in [-0.1, -0.05) is 101 Å². The van der Waals surface area contributed by atoms with Crippen LogP contribution < -0.4 is 0 Å². The second-order valence-electron chi connectivity index (χ2n) is 7.10. The second-order valence-corrected chi connectivity index (χ2v) is 7.10. The molecule has 0 radical (unpaired) electrons. The van der Waals surface area contributed by atoms with Crippen LogP contribution in [-0.4, -0.2) is 12.6 Å². The summed E-state index contributed by atoms with van der Waals surface area (Å²) in [5.41, 5.74) is 1.31. The molecule has 0 heterocycles. The Balaban J connectivity index is 1.81. The van der Waals surface area contributed by atoms with Gasteiger partial charge in [0.25, 0.3) is 0 Å². The number of hydrogen-bond acceptors (Lipinski definition) is 2. The molecule has 1 aromatic carbocycles. The minimum atomic E-state index is -0.0241. The number of carbonyl (C=O) groups is 1. The average Bonchev–Trinajstić information content (AvgIpc) is 2.64. The predicted molar refractivity (Wildman–Crippen MR) is 107 cm³/mol. The first kappa shape index (κ1) is 21.7. The molecule has 0 aliphatic heterocycles. The van der Waals surface area contributed by atoms with E-state index in [0.717, 1.165) is 25.7 Å². The van der Waals surface area contributed by atoms with Crippen molar-refractivity contribution in [2.45, 2.75) is 96.8 Å². The molecule has 0 unspecified atom stereocenters. The van der Waals surface area contributed by atoms with Gasteiger partial charge in [0.2, 0.25) is 0 Å².